The van der Waals surface area contributed by atoms with Crippen LogP contribution in [-0.2, 0) is 14.8 Å². The van der Waals surface area contributed by atoms with Gasteiger partial charge in [-0.25, -0.2) is 8.42 Å². The molecule has 8 nitrogen and oxygen atoms in total. The highest BCUT2D eigenvalue weighted by Gasteiger charge is 2.28. The topological polar surface area (TPSA) is 94.2 Å². The highest BCUT2D eigenvalue weighted by molar-refractivity contribution is 7.92. The number of nitrogens with zero attached hydrogens (tertiary/aromatic N) is 1. The summed E-state index contributed by atoms with van der Waals surface area (Å²) in [5.41, 5.74) is 0.258. The van der Waals surface area contributed by atoms with Gasteiger partial charge in [0.25, 0.3) is 10.0 Å². The molecule has 3 rings (SSSR count). The molecule has 0 spiro atoms. The van der Waals surface area contributed by atoms with Crippen molar-refractivity contribution in [3.63, 3.8) is 0 Å². The third kappa shape index (κ3) is 6.33. The van der Waals surface area contributed by atoms with Crippen LogP contribution in [0.3, 0.4) is 0 Å². The van der Waals surface area contributed by atoms with E-state index in [9.17, 15) is 13.2 Å². The Bertz CT molecular complexity index is 1200. The molecule has 0 bridgehead atoms. The highest BCUT2D eigenvalue weighted by Crippen LogP contribution is 2.33. The van der Waals surface area contributed by atoms with E-state index < -0.39 is 22.5 Å². The van der Waals surface area contributed by atoms with Crippen molar-refractivity contribution < 1.29 is 27.4 Å². The van der Waals surface area contributed by atoms with E-state index in [2.05, 4.69) is 5.32 Å². The number of halogens is 1. The van der Waals surface area contributed by atoms with Crippen molar-refractivity contribution in [3.8, 4) is 17.2 Å². The molecule has 0 radical (unpaired) electrons. The van der Waals surface area contributed by atoms with Gasteiger partial charge < -0.3 is 19.5 Å². The van der Waals surface area contributed by atoms with Gasteiger partial charge in [0, 0.05) is 11.1 Å². The van der Waals surface area contributed by atoms with Crippen LogP contribution in [-0.4, -0.2) is 48.2 Å². The van der Waals surface area contributed by atoms with Gasteiger partial charge in [-0.2, -0.15) is 0 Å². The zero-order valence-corrected chi connectivity index (χ0v) is 20.3. The van der Waals surface area contributed by atoms with Crippen LogP contribution in [0.5, 0.6) is 17.2 Å². The Morgan fingerprint density at radius 2 is 1.62 bits per heavy atom. The van der Waals surface area contributed by atoms with Gasteiger partial charge in [0.1, 0.15) is 18.9 Å². The van der Waals surface area contributed by atoms with Crippen molar-refractivity contribution >= 4 is 33.2 Å². The minimum atomic E-state index is -4.04. The van der Waals surface area contributed by atoms with E-state index in [1.165, 1.54) is 32.4 Å². The van der Waals surface area contributed by atoms with E-state index in [0.29, 0.717) is 22.3 Å². The van der Waals surface area contributed by atoms with E-state index >= 15 is 0 Å². The molecule has 0 unspecified atom stereocenters. The molecule has 0 heterocycles. The van der Waals surface area contributed by atoms with Crippen molar-refractivity contribution in [2.24, 2.45) is 0 Å². The van der Waals surface area contributed by atoms with Crippen LogP contribution in [0, 0.1) is 0 Å². The van der Waals surface area contributed by atoms with Crippen LogP contribution < -0.4 is 23.8 Å². The molecule has 0 fully saturated rings. The van der Waals surface area contributed by atoms with E-state index in [1.807, 2.05) is 0 Å². The second kappa shape index (κ2) is 11.6. The maximum atomic E-state index is 13.4. The van der Waals surface area contributed by atoms with Crippen LogP contribution in [0.25, 0.3) is 0 Å². The molecule has 3 aromatic rings. The third-order valence-electron chi connectivity index (χ3n) is 4.78. The number of carbonyl (C=O) groups excluding carboxylic acids is 1. The zero-order valence-electron chi connectivity index (χ0n) is 18.7. The lowest BCUT2D eigenvalue weighted by atomic mass is 10.2. The van der Waals surface area contributed by atoms with Gasteiger partial charge in [0.05, 0.1) is 31.3 Å². The minimum Gasteiger partial charge on any atom is -0.493 e. The smallest absolute Gasteiger partial charge is 0.264 e. The molecule has 0 aliphatic rings. The van der Waals surface area contributed by atoms with Crippen molar-refractivity contribution in [3.05, 3.63) is 77.8 Å². The summed E-state index contributed by atoms with van der Waals surface area (Å²) in [6, 6.07) is 19.4. The molecule has 1 N–H and O–H groups in total. The summed E-state index contributed by atoms with van der Waals surface area (Å²) in [5.74, 6) is 0.892. The SMILES string of the molecule is COc1ccc(N(CC(=O)NCCOc2ccc(Cl)cc2)S(=O)(=O)c2ccccc2)cc1OC. The highest BCUT2D eigenvalue weighted by atomic mass is 35.5. The Hall–Kier alpha value is -3.43. The molecule has 0 aromatic heterocycles. The van der Waals surface area contributed by atoms with Gasteiger partial charge in [0.15, 0.2) is 11.5 Å². The van der Waals surface area contributed by atoms with E-state index in [0.717, 1.165) is 4.31 Å². The first-order valence-corrected chi connectivity index (χ1v) is 12.1. The minimum absolute atomic E-state index is 0.0589. The predicted octanol–water partition coefficient (Wildman–Crippen LogP) is 3.75. The number of carbonyl (C=O) groups is 1. The Labute approximate surface area is 204 Å². The van der Waals surface area contributed by atoms with Crippen molar-refractivity contribution in [1.29, 1.82) is 0 Å². The summed E-state index contributed by atoms with van der Waals surface area (Å²) >= 11 is 5.85. The van der Waals surface area contributed by atoms with Gasteiger partial charge in [-0.1, -0.05) is 29.8 Å². The Morgan fingerprint density at radius 3 is 2.26 bits per heavy atom. The summed E-state index contributed by atoms with van der Waals surface area (Å²) in [4.78, 5) is 12.8. The van der Waals surface area contributed by atoms with E-state index in [4.69, 9.17) is 25.8 Å². The van der Waals surface area contributed by atoms with Crippen LogP contribution in [0.1, 0.15) is 0 Å². The van der Waals surface area contributed by atoms with Crippen molar-refractivity contribution in [2.75, 3.05) is 38.2 Å². The molecule has 3 aromatic carbocycles. The van der Waals surface area contributed by atoms with Gasteiger partial charge in [-0.15, -0.1) is 0 Å². The molecule has 180 valence electrons. The standard InChI is InChI=1S/C24H25ClN2O6S/c1-31-22-13-10-19(16-23(22)32-2)27(34(29,30)21-6-4-3-5-7-21)17-24(28)26-14-15-33-20-11-8-18(25)9-12-20/h3-13,16H,14-15,17H2,1-2H3,(H,26,28). The number of nitrogens with one attached hydrogen (secondary N) is 1. The lowest BCUT2D eigenvalue weighted by Gasteiger charge is -2.25. The number of amides is 1. The van der Waals surface area contributed by atoms with Gasteiger partial charge in [-0.05, 0) is 48.5 Å². The molecule has 0 saturated carbocycles. The lowest BCUT2D eigenvalue weighted by Crippen LogP contribution is -2.41. The maximum Gasteiger partial charge on any atom is 0.264 e. The Kier molecular flexibility index (Phi) is 8.61. The molecule has 34 heavy (non-hydrogen) atoms. The normalized spacial score (nSPS) is 10.9. The predicted molar refractivity (Wildman–Crippen MR) is 130 cm³/mol. The Balaban J connectivity index is 1.76. The number of methoxy groups -OCH3 is 2. The summed E-state index contributed by atoms with van der Waals surface area (Å²) in [6.45, 7) is -0.0462. The number of hydrogen-bond acceptors (Lipinski definition) is 6. The van der Waals surface area contributed by atoms with Gasteiger partial charge >= 0.3 is 0 Å². The first-order chi connectivity index (χ1) is 16.3. The van der Waals surface area contributed by atoms with Gasteiger partial charge in [0.2, 0.25) is 5.91 Å². The maximum absolute atomic E-state index is 13.4. The number of rotatable bonds is 11. The number of hydrogen-bond donors (Lipinski definition) is 1. The number of sulfonamides is 1. The van der Waals surface area contributed by atoms with Crippen molar-refractivity contribution in [1.82, 2.24) is 5.32 Å². The van der Waals surface area contributed by atoms with Crippen LogP contribution in [0.2, 0.25) is 5.02 Å². The summed E-state index contributed by atoms with van der Waals surface area (Å²) < 4.78 is 43.9. The van der Waals surface area contributed by atoms with Crippen LogP contribution >= 0.6 is 11.6 Å². The lowest BCUT2D eigenvalue weighted by molar-refractivity contribution is -0.119. The molecule has 0 aliphatic heterocycles. The fourth-order valence-corrected chi connectivity index (χ4v) is 4.65. The van der Waals surface area contributed by atoms with Gasteiger partial charge in [-0.3, -0.25) is 9.10 Å². The number of ether oxygens (including phenoxy) is 3. The molecule has 0 saturated heterocycles. The number of anilines is 1. The van der Waals surface area contributed by atoms with Crippen molar-refractivity contribution in [2.45, 2.75) is 4.90 Å². The fourth-order valence-electron chi connectivity index (χ4n) is 3.09. The molecule has 0 atom stereocenters. The molecule has 1 amide bonds. The number of benzene rings is 3. The average molecular weight is 505 g/mol. The molecule has 0 aliphatic carbocycles. The zero-order chi connectivity index (χ0) is 24.6. The van der Waals surface area contributed by atoms with Crippen LogP contribution in [0.15, 0.2) is 77.7 Å². The summed E-state index contributed by atoms with van der Waals surface area (Å²) in [7, 11) is -1.11. The Morgan fingerprint density at radius 1 is 0.941 bits per heavy atom. The molecule has 10 heteroatoms. The quantitative estimate of drug-likeness (QED) is 0.400. The fraction of sp³-hybridized carbons (Fsp3) is 0.208. The van der Waals surface area contributed by atoms with Crippen LogP contribution in [0.4, 0.5) is 5.69 Å². The summed E-state index contributed by atoms with van der Waals surface area (Å²) in [5, 5.41) is 3.28. The second-order valence-corrected chi connectivity index (χ2v) is 9.32. The largest absolute Gasteiger partial charge is 0.493 e. The molecular weight excluding hydrogens is 480 g/mol. The second-order valence-electron chi connectivity index (χ2n) is 7.02. The summed E-state index contributed by atoms with van der Waals surface area (Å²) in [6.07, 6.45) is 0. The molecular formula is C24H25ClN2O6S. The third-order valence-corrected chi connectivity index (χ3v) is 6.82. The first-order valence-electron chi connectivity index (χ1n) is 10.3. The van der Waals surface area contributed by atoms with E-state index in [1.54, 1.807) is 54.6 Å². The van der Waals surface area contributed by atoms with E-state index in [-0.39, 0.29) is 23.7 Å². The first kappa shape index (κ1) is 25.2. The average Bonchev–Trinajstić information content (AvgIpc) is 2.86. The monoisotopic (exact) mass is 504 g/mol.